The number of fused-ring (bicyclic) bond motifs is 3. The summed E-state index contributed by atoms with van der Waals surface area (Å²) in [6.07, 6.45) is 3.65. The number of carbonyl (C=O) groups is 2. The maximum absolute atomic E-state index is 13.0. The summed E-state index contributed by atoms with van der Waals surface area (Å²) in [7, 11) is 0. The average Bonchev–Trinajstić information content (AvgIpc) is 3.35. The minimum absolute atomic E-state index is 0.0514. The van der Waals surface area contributed by atoms with Crippen molar-refractivity contribution in [2.75, 3.05) is 5.32 Å². The molecule has 0 fully saturated rings. The Morgan fingerprint density at radius 2 is 1.88 bits per heavy atom. The molecule has 0 aliphatic heterocycles. The fourth-order valence-corrected chi connectivity index (χ4v) is 4.35. The van der Waals surface area contributed by atoms with Crippen molar-refractivity contribution < 1.29 is 14.0 Å². The molecule has 0 radical (unpaired) electrons. The van der Waals surface area contributed by atoms with Gasteiger partial charge in [-0.3, -0.25) is 14.3 Å². The summed E-state index contributed by atoms with van der Waals surface area (Å²) in [6, 6.07) is 15.4. The highest BCUT2D eigenvalue weighted by Crippen LogP contribution is 2.38. The van der Waals surface area contributed by atoms with Crippen LogP contribution in [0.15, 0.2) is 59.1 Å². The lowest BCUT2D eigenvalue weighted by atomic mass is 9.93. The zero-order valence-electron chi connectivity index (χ0n) is 18.9. The van der Waals surface area contributed by atoms with Crippen molar-refractivity contribution in [1.82, 2.24) is 9.78 Å². The Morgan fingerprint density at radius 3 is 2.64 bits per heavy atom. The summed E-state index contributed by atoms with van der Waals surface area (Å²) < 4.78 is 7.98. The van der Waals surface area contributed by atoms with Crippen molar-refractivity contribution in [3.05, 3.63) is 94.1 Å². The molecule has 0 unspecified atom stereocenters. The predicted octanol–water partition coefficient (Wildman–Crippen LogP) is 5.36. The molecule has 6 nitrogen and oxygen atoms in total. The van der Waals surface area contributed by atoms with Crippen molar-refractivity contribution in [2.45, 2.75) is 40.2 Å². The fraction of sp³-hybridized carbons (Fsp3) is 0.222. The molecule has 0 saturated carbocycles. The molecular formula is C27H25N3O3. The van der Waals surface area contributed by atoms with Gasteiger partial charge in [-0.1, -0.05) is 42.0 Å². The van der Waals surface area contributed by atoms with Crippen LogP contribution >= 0.6 is 0 Å². The molecule has 5 rings (SSSR count). The summed E-state index contributed by atoms with van der Waals surface area (Å²) in [5, 5.41) is 7.71. The Morgan fingerprint density at radius 1 is 1.09 bits per heavy atom. The third-order valence-electron chi connectivity index (χ3n) is 6.11. The molecule has 1 amide bonds. The minimum atomic E-state index is -0.330. The van der Waals surface area contributed by atoms with Gasteiger partial charge in [0.05, 0.1) is 12.2 Å². The van der Waals surface area contributed by atoms with E-state index in [0.717, 1.165) is 35.4 Å². The van der Waals surface area contributed by atoms with Gasteiger partial charge in [-0.05, 0) is 50.5 Å². The SMILES string of the molecule is CC(=O)c1cccc(NC(=O)c2oc3c(c2C)-c2nn(Cc4ccc(C)cc4)cc2CC3)c1. The number of carbonyl (C=O) groups excluding carboxylic acids is 2. The molecule has 33 heavy (non-hydrogen) atoms. The smallest absolute Gasteiger partial charge is 0.291 e. The number of Topliss-reactive ketones (excluding diaryl/α,β-unsaturated/α-hetero) is 1. The summed E-state index contributed by atoms with van der Waals surface area (Å²) in [5.74, 6) is 0.699. The van der Waals surface area contributed by atoms with Gasteiger partial charge in [-0.25, -0.2) is 0 Å². The molecule has 2 aromatic carbocycles. The van der Waals surface area contributed by atoms with E-state index >= 15 is 0 Å². The van der Waals surface area contributed by atoms with Crippen molar-refractivity contribution >= 4 is 17.4 Å². The van der Waals surface area contributed by atoms with Gasteiger partial charge < -0.3 is 9.73 Å². The molecule has 2 aromatic heterocycles. The standard InChI is InChI=1S/C27H25N3O3/c1-16-7-9-19(10-8-16)14-30-15-21-11-12-23-24(25(21)29-30)17(2)26(33-23)27(32)28-22-6-4-5-20(13-22)18(3)31/h4-10,13,15H,11-12,14H2,1-3H3,(H,28,32). The predicted molar refractivity (Wildman–Crippen MR) is 127 cm³/mol. The van der Waals surface area contributed by atoms with Crippen molar-refractivity contribution in [3.63, 3.8) is 0 Å². The second-order valence-corrected chi connectivity index (χ2v) is 8.63. The van der Waals surface area contributed by atoms with E-state index < -0.39 is 0 Å². The first kappa shape index (κ1) is 20.9. The number of aryl methyl sites for hydroxylation is 3. The Balaban J connectivity index is 1.42. The lowest BCUT2D eigenvalue weighted by Gasteiger charge is -2.09. The molecule has 1 aliphatic carbocycles. The zero-order valence-corrected chi connectivity index (χ0v) is 18.9. The van der Waals surface area contributed by atoms with Gasteiger partial charge in [0.15, 0.2) is 11.5 Å². The lowest BCUT2D eigenvalue weighted by molar-refractivity contribution is 0.0990. The van der Waals surface area contributed by atoms with E-state index in [9.17, 15) is 9.59 Å². The fourth-order valence-electron chi connectivity index (χ4n) is 4.35. The number of rotatable bonds is 5. The number of hydrogen-bond acceptors (Lipinski definition) is 4. The lowest BCUT2D eigenvalue weighted by Crippen LogP contribution is -2.12. The number of amides is 1. The van der Waals surface area contributed by atoms with Crippen molar-refractivity contribution in [2.24, 2.45) is 0 Å². The Hall–Kier alpha value is -3.93. The van der Waals surface area contributed by atoms with Gasteiger partial charge in [0, 0.05) is 35.0 Å². The van der Waals surface area contributed by atoms with Crippen LogP contribution in [0.2, 0.25) is 0 Å². The molecule has 166 valence electrons. The van der Waals surface area contributed by atoms with Crippen LogP contribution in [0.5, 0.6) is 0 Å². The first-order chi connectivity index (χ1) is 15.9. The summed E-state index contributed by atoms with van der Waals surface area (Å²) in [5.41, 5.74) is 7.29. The minimum Gasteiger partial charge on any atom is -0.455 e. The zero-order chi connectivity index (χ0) is 23.1. The summed E-state index contributed by atoms with van der Waals surface area (Å²) in [4.78, 5) is 24.7. The van der Waals surface area contributed by atoms with E-state index in [-0.39, 0.29) is 17.5 Å². The van der Waals surface area contributed by atoms with Crippen LogP contribution in [-0.2, 0) is 19.4 Å². The van der Waals surface area contributed by atoms with Crippen LogP contribution in [-0.4, -0.2) is 21.5 Å². The maximum atomic E-state index is 13.0. The van der Waals surface area contributed by atoms with Gasteiger partial charge in [-0.15, -0.1) is 0 Å². The topological polar surface area (TPSA) is 77.1 Å². The van der Waals surface area contributed by atoms with Gasteiger partial charge in [-0.2, -0.15) is 5.10 Å². The number of hydrogen-bond donors (Lipinski definition) is 1. The van der Waals surface area contributed by atoms with E-state index in [1.165, 1.54) is 23.6 Å². The number of furan rings is 1. The monoisotopic (exact) mass is 439 g/mol. The van der Waals surface area contributed by atoms with Crippen LogP contribution in [0.4, 0.5) is 5.69 Å². The third-order valence-corrected chi connectivity index (χ3v) is 6.11. The molecular weight excluding hydrogens is 414 g/mol. The molecule has 6 heteroatoms. The number of nitrogens with zero attached hydrogens (tertiary/aromatic N) is 2. The summed E-state index contributed by atoms with van der Waals surface area (Å²) >= 11 is 0. The van der Waals surface area contributed by atoms with Gasteiger partial charge in [0.2, 0.25) is 0 Å². The second kappa shape index (κ2) is 8.20. The Bertz CT molecular complexity index is 1380. The van der Waals surface area contributed by atoms with Crippen molar-refractivity contribution in [3.8, 4) is 11.3 Å². The molecule has 2 heterocycles. The highest BCUT2D eigenvalue weighted by Gasteiger charge is 2.29. The second-order valence-electron chi connectivity index (χ2n) is 8.63. The Kier molecular flexibility index (Phi) is 5.21. The van der Waals surface area contributed by atoms with Gasteiger partial charge >= 0.3 is 0 Å². The van der Waals surface area contributed by atoms with Gasteiger partial charge in [0.1, 0.15) is 5.76 Å². The first-order valence-electron chi connectivity index (χ1n) is 11.1. The maximum Gasteiger partial charge on any atom is 0.291 e. The van der Waals surface area contributed by atoms with E-state index in [1.54, 1.807) is 24.3 Å². The van der Waals surface area contributed by atoms with E-state index in [4.69, 9.17) is 9.52 Å². The van der Waals surface area contributed by atoms with E-state index in [0.29, 0.717) is 17.8 Å². The highest BCUT2D eigenvalue weighted by molar-refractivity contribution is 6.05. The normalized spacial score (nSPS) is 12.2. The molecule has 0 saturated heterocycles. The average molecular weight is 440 g/mol. The number of nitrogens with one attached hydrogen (secondary N) is 1. The van der Waals surface area contributed by atoms with E-state index in [2.05, 4.69) is 42.7 Å². The Labute approximate surface area is 192 Å². The van der Waals surface area contributed by atoms with Crippen LogP contribution < -0.4 is 5.32 Å². The van der Waals surface area contributed by atoms with Gasteiger partial charge in [0.25, 0.3) is 5.91 Å². The van der Waals surface area contributed by atoms with E-state index in [1.807, 2.05) is 11.6 Å². The third kappa shape index (κ3) is 4.00. The highest BCUT2D eigenvalue weighted by atomic mass is 16.4. The number of aromatic nitrogens is 2. The van der Waals surface area contributed by atoms with Crippen LogP contribution in [0.3, 0.4) is 0 Å². The first-order valence-corrected chi connectivity index (χ1v) is 11.1. The van der Waals surface area contributed by atoms with Crippen LogP contribution in [0.25, 0.3) is 11.3 Å². The van der Waals surface area contributed by atoms with Crippen LogP contribution in [0.1, 0.15) is 55.9 Å². The number of benzene rings is 2. The molecule has 1 aliphatic rings. The summed E-state index contributed by atoms with van der Waals surface area (Å²) in [6.45, 7) is 6.17. The quantitative estimate of drug-likeness (QED) is 0.425. The molecule has 0 atom stereocenters. The number of ketones is 1. The molecule has 1 N–H and O–H groups in total. The molecule has 0 bridgehead atoms. The largest absolute Gasteiger partial charge is 0.455 e. The number of anilines is 1. The van der Waals surface area contributed by atoms with Crippen LogP contribution in [0, 0.1) is 13.8 Å². The van der Waals surface area contributed by atoms with Crippen molar-refractivity contribution in [1.29, 1.82) is 0 Å². The molecule has 4 aromatic rings. The molecule has 0 spiro atoms.